The third kappa shape index (κ3) is 4.82. The number of amides is 1. The minimum absolute atomic E-state index is 0.0674. The molecular weight excluding hydrogens is 284 g/mol. The summed E-state index contributed by atoms with van der Waals surface area (Å²) < 4.78 is 6.57. The van der Waals surface area contributed by atoms with Crippen molar-refractivity contribution < 1.29 is 19.4 Å². The number of aliphatic carboxylic acids is 1. The fraction of sp³-hybridized carbons (Fsp3) is 0.636. The maximum absolute atomic E-state index is 11.6. The number of methoxy groups -OCH3 is 1. The van der Waals surface area contributed by atoms with Crippen molar-refractivity contribution in [2.75, 3.05) is 19.4 Å². The third-order valence-corrected chi connectivity index (χ3v) is 3.43. The van der Waals surface area contributed by atoms with Crippen LogP contribution in [-0.2, 0) is 14.3 Å². The first-order valence-electron chi connectivity index (χ1n) is 6.00. The molecule has 0 aliphatic heterocycles. The summed E-state index contributed by atoms with van der Waals surface area (Å²) in [5, 5.41) is 19.6. The number of aromatic nitrogens is 3. The largest absolute Gasteiger partial charge is 0.479 e. The Kier molecular flexibility index (Phi) is 6.46. The lowest BCUT2D eigenvalue weighted by atomic mass is 10.3. The van der Waals surface area contributed by atoms with Crippen molar-refractivity contribution in [3.05, 3.63) is 6.33 Å². The van der Waals surface area contributed by atoms with Crippen LogP contribution in [0.2, 0.25) is 0 Å². The number of nitrogens with one attached hydrogen (secondary N) is 1. The summed E-state index contributed by atoms with van der Waals surface area (Å²) >= 11 is 1.25. The van der Waals surface area contributed by atoms with E-state index in [1.54, 1.807) is 6.33 Å². The molecule has 9 heteroatoms. The lowest BCUT2D eigenvalue weighted by molar-refractivity contribution is -0.148. The predicted octanol–water partition coefficient (Wildman–Crippen LogP) is 0.167. The van der Waals surface area contributed by atoms with Gasteiger partial charge in [-0.2, -0.15) is 0 Å². The number of carboxylic acids is 1. The van der Waals surface area contributed by atoms with E-state index in [0.29, 0.717) is 5.16 Å². The topological polar surface area (TPSA) is 106 Å². The Morgan fingerprint density at radius 1 is 1.55 bits per heavy atom. The Morgan fingerprint density at radius 3 is 2.80 bits per heavy atom. The highest BCUT2D eigenvalue weighted by molar-refractivity contribution is 7.99. The van der Waals surface area contributed by atoms with E-state index >= 15 is 0 Å². The summed E-state index contributed by atoms with van der Waals surface area (Å²) in [7, 11) is 1.28. The quantitative estimate of drug-likeness (QED) is 0.659. The molecule has 0 fully saturated rings. The van der Waals surface area contributed by atoms with E-state index < -0.39 is 12.1 Å². The lowest BCUT2D eigenvalue weighted by Gasteiger charge is -2.12. The number of carboxylic acid groups (broad SMARTS) is 1. The van der Waals surface area contributed by atoms with Crippen LogP contribution in [0.1, 0.15) is 19.9 Å². The van der Waals surface area contributed by atoms with Gasteiger partial charge in [-0.3, -0.25) is 4.79 Å². The van der Waals surface area contributed by atoms with Crippen LogP contribution in [0.4, 0.5) is 0 Å². The van der Waals surface area contributed by atoms with E-state index in [-0.39, 0.29) is 24.2 Å². The van der Waals surface area contributed by atoms with E-state index in [1.165, 1.54) is 18.9 Å². The van der Waals surface area contributed by atoms with Crippen LogP contribution < -0.4 is 5.32 Å². The van der Waals surface area contributed by atoms with Crippen molar-refractivity contribution in [1.29, 1.82) is 0 Å². The number of hydrogen-bond acceptors (Lipinski definition) is 6. The van der Waals surface area contributed by atoms with Crippen LogP contribution >= 0.6 is 11.8 Å². The molecular formula is C11H18N4O4S. The van der Waals surface area contributed by atoms with Gasteiger partial charge in [0.15, 0.2) is 11.3 Å². The fourth-order valence-electron chi connectivity index (χ4n) is 1.35. The van der Waals surface area contributed by atoms with Gasteiger partial charge >= 0.3 is 5.97 Å². The molecule has 1 atom stereocenters. The van der Waals surface area contributed by atoms with E-state index in [9.17, 15) is 9.59 Å². The molecule has 0 saturated carbocycles. The summed E-state index contributed by atoms with van der Waals surface area (Å²) in [5.41, 5.74) is 0. The molecule has 1 aromatic heterocycles. The number of carbonyl (C=O) groups excluding carboxylic acids is 1. The molecule has 0 aliphatic rings. The van der Waals surface area contributed by atoms with Gasteiger partial charge in [0.1, 0.15) is 6.33 Å². The molecule has 0 aromatic carbocycles. The van der Waals surface area contributed by atoms with Crippen molar-refractivity contribution >= 4 is 23.6 Å². The van der Waals surface area contributed by atoms with E-state index in [2.05, 4.69) is 15.5 Å². The number of rotatable bonds is 8. The fourth-order valence-corrected chi connectivity index (χ4v) is 2.22. The second kappa shape index (κ2) is 7.85. The number of thioether (sulfide) groups is 1. The van der Waals surface area contributed by atoms with Gasteiger partial charge in [0.05, 0.1) is 12.3 Å². The Bertz CT molecular complexity index is 463. The maximum Gasteiger partial charge on any atom is 0.334 e. The number of nitrogens with zero attached hydrogens (tertiary/aromatic N) is 3. The van der Waals surface area contributed by atoms with Crippen LogP contribution in [0.25, 0.3) is 0 Å². The number of carbonyl (C=O) groups is 2. The van der Waals surface area contributed by atoms with E-state index in [1.807, 2.05) is 18.4 Å². The van der Waals surface area contributed by atoms with Gasteiger partial charge in [-0.25, -0.2) is 4.79 Å². The van der Waals surface area contributed by atoms with Gasteiger partial charge in [0.2, 0.25) is 5.91 Å². The van der Waals surface area contributed by atoms with Crippen LogP contribution in [0, 0.1) is 0 Å². The average Bonchev–Trinajstić information content (AvgIpc) is 2.85. The molecule has 0 aliphatic carbocycles. The van der Waals surface area contributed by atoms with Crippen LogP contribution in [0.3, 0.4) is 0 Å². The normalized spacial score (nSPS) is 12.4. The highest BCUT2D eigenvalue weighted by Crippen LogP contribution is 2.18. The van der Waals surface area contributed by atoms with Gasteiger partial charge < -0.3 is 19.7 Å². The Labute approximate surface area is 120 Å². The molecule has 1 amide bonds. The Morgan fingerprint density at radius 2 is 2.25 bits per heavy atom. The predicted molar refractivity (Wildman–Crippen MR) is 72.6 cm³/mol. The number of hydrogen-bond donors (Lipinski definition) is 2. The highest BCUT2D eigenvalue weighted by atomic mass is 32.2. The second-order valence-electron chi connectivity index (χ2n) is 4.27. The Balaban J connectivity index is 2.40. The van der Waals surface area contributed by atoms with Gasteiger partial charge in [-0.15, -0.1) is 10.2 Å². The zero-order valence-electron chi connectivity index (χ0n) is 11.6. The van der Waals surface area contributed by atoms with Crippen molar-refractivity contribution in [2.24, 2.45) is 0 Å². The smallest absolute Gasteiger partial charge is 0.334 e. The zero-order valence-corrected chi connectivity index (χ0v) is 12.4. The van der Waals surface area contributed by atoms with Gasteiger partial charge in [0.25, 0.3) is 0 Å². The average molecular weight is 302 g/mol. The molecule has 8 nitrogen and oxygen atoms in total. The molecule has 112 valence electrons. The van der Waals surface area contributed by atoms with Crippen molar-refractivity contribution in [3.8, 4) is 0 Å². The number of ether oxygens (including phenoxy) is 1. The molecule has 0 bridgehead atoms. The molecule has 0 spiro atoms. The SMILES string of the molecule is COC(CNC(=O)CSc1nncn1C(C)C)C(=O)O. The van der Waals surface area contributed by atoms with E-state index in [0.717, 1.165) is 0 Å². The summed E-state index contributed by atoms with van der Waals surface area (Å²) in [4.78, 5) is 22.3. The van der Waals surface area contributed by atoms with Crippen LogP contribution in [-0.4, -0.2) is 57.3 Å². The van der Waals surface area contributed by atoms with Crippen molar-refractivity contribution in [1.82, 2.24) is 20.1 Å². The van der Waals surface area contributed by atoms with E-state index in [4.69, 9.17) is 9.84 Å². The van der Waals surface area contributed by atoms with Gasteiger partial charge in [0, 0.05) is 13.2 Å². The van der Waals surface area contributed by atoms with Crippen LogP contribution in [0.5, 0.6) is 0 Å². The van der Waals surface area contributed by atoms with Crippen LogP contribution in [0.15, 0.2) is 11.5 Å². The molecule has 0 radical (unpaired) electrons. The highest BCUT2D eigenvalue weighted by Gasteiger charge is 2.17. The summed E-state index contributed by atoms with van der Waals surface area (Å²) in [5.74, 6) is -1.25. The zero-order chi connectivity index (χ0) is 15.1. The molecule has 1 unspecified atom stereocenters. The maximum atomic E-state index is 11.6. The first-order chi connectivity index (χ1) is 9.45. The summed E-state index contributed by atoms with van der Waals surface area (Å²) in [6.45, 7) is 3.91. The minimum Gasteiger partial charge on any atom is -0.479 e. The minimum atomic E-state index is -1.11. The van der Waals surface area contributed by atoms with Crippen molar-refractivity contribution in [2.45, 2.75) is 31.1 Å². The molecule has 1 rings (SSSR count). The standard InChI is InChI=1S/C11H18N4O4S/c1-7(2)15-6-13-14-11(15)20-5-9(16)12-4-8(19-3)10(17)18/h6-8H,4-5H2,1-3H3,(H,12,16)(H,17,18). The molecule has 0 saturated heterocycles. The third-order valence-electron chi connectivity index (χ3n) is 2.47. The summed E-state index contributed by atoms with van der Waals surface area (Å²) in [6, 6.07) is 0.209. The first-order valence-corrected chi connectivity index (χ1v) is 6.98. The van der Waals surface area contributed by atoms with Gasteiger partial charge in [-0.05, 0) is 13.8 Å². The van der Waals surface area contributed by atoms with Gasteiger partial charge in [-0.1, -0.05) is 11.8 Å². The molecule has 2 N–H and O–H groups in total. The first kappa shape index (κ1) is 16.4. The molecule has 1 aromatic rings. The summed E-state index contributed by atoms with van der Waals surface area (Å²) in [6.07, 6.45) is 0.569. The lowest BCUT2D eigenvalue weighted by Crippen LogP contribution is -2.38. The van der Waals surface area contributed by atoms with Crippen molar-refractivity contribution in [3.63, 3.8) is 0 Å². The monoisotopic (exact) mass is 302 g/mol. The second-order valence-corrected chi connectivity index (χ2v) is 5.21. The molecule has 1 heterocycles. The molecule has 20 heavy (non-hydrogen) atoms. The Hall–Kier alpha value is -1.61.